The molecule has 5 aliphatic rings. The lowest BCUT2D eigenvalue weighted by Gasteiger charge is -2.54. The van der Waals surface area contributed by atoms with Crippen LogP contribution in [0.4, 0.5) is 18.9 Å². The van der Waals surface area contributed by atoms with Crippen molar-refractivity contribution in [2.45, 2.75) is 82.9 Å². The number of benzene rings is 1. The maximum atomic E-state index is 13.4. The molecule has 1 atom stereocenters. The van der Waals surface area contributed by atoms with E-state index in [0.717, 1.165) is 57.4 Å². The second kappa shape index (κ2) is 7.99. The first-order valence-corrected chi connectivity index (χ1v) is 11.7. The molecule has 32 heavy (non-hydrogen) atoms. The molecule has 5 nitrogen and oxygen atoms in total. The summed E-state index contributed by atoms with van der Waals surface area (Å²) in [5.41, 5.74) is -0.431. The van der Waals surface area contributed by atoms with Gasteiger partial charge in [-0.25, -0.2) is 14.9 Å². The van der Waals surface area contributed by atoms with E-state index < -0.39 is 23.8 Å². The second-order valence-electron chi connectivity index (χ2n) is 10.1. The number of rotatable bonds is 6. The number of anilines is 1. The van der Waals surface area contributed by atoms with Gasteiger partial charge in [0.25, 0.3) is 0 Å². The predicted molar refractivity (Wildman–Crippen MR) is 114 cm³/mol. The first-order chi connectivity index (χ1) is 15.2. The molecule has 3 aliphatic carbocycles. The lowest BCUT2D eigenvalue weighted by atomic mass is 9.52. The van der Waals surface area contributed by atoms with Crippen LogP contribution >= 0.6 is 0 Å². The Balaban J connectivity index is 1.19. The van der Waals surface area contributed by atoms with Crippen LogP contribution in [0, 0.1) is 10.8 Å². The molecular formula is C24H31F3N2O3. The molecule has 3 saturated carbocycles. The smallest absolute Gasteiger partial charge is 0.348 e. The van der Waals surface area contributed by atoms with Crippen LogP contribution in [0.5, 0.6) is 0 Å². The SMILES string of the molecule is CC1(CCCC23CCC(C4N=CN(c5ccccc5C(F)(F)F)O4)(CC2)CC3)OCCO1. The summed E-state index contributed by atoms with van der Waals surface area (Å²) in [5.74, 6) is -0.424. The molecule has 1 aromatic rings. The highest BCUT2D eigenvalue weighted by atomic mass is 19.4. The van der Waals surface area contributed by atoms with Crippen LogP contribution in [0.1, 0.15) is 70.3 Å². The lowest BCUT2D eigenvalue weighted by molar-refractivity contribution is -0.151. The molecule has 176 valence electrons. The van der Waals surface area contributed by atoms with E-state index >= 15 is 0 Å². The van der Waals surface area contributed by atoms with E-state index in [1.165, 1.54) is 30.0 Å². The zero-order valence-corrected chi connectivity index (χ0v) is 18.5. The minimum atomic E-state index is -4.44. The van der Waals surface area contributed by atoms with E-state index in [2.05, 4.69) is 4.99 Å². The average Bonchev–Trinajstić information content (AvgIpc) is 3.45. The maximum Gasteiger partial charge on any atom is 0.418 e. The maximum absolute atomic E-state index is 13.4. The molecule has 0 N–H and O–H groups in total. The van der Waals surface area contributed by atoms with Crippen molar-refractivity contribution in [1.82, 2.24) is 0 Å². The van der Waals surface area contributed by atoms with Gasteiger partial charge in [0.2, 0.25) is 0 Å². The Morgan fingerprint density at radius 2 is 1.66 bits per heavy atom. The molecular weight excluding hydrogens is 421 g/mol. The quantitative estimate of drug-likeness (QED) is 0.524. The fourth-order valence-electron chi connectivity index (χ4n) is 6.10. The molecule has 1 saturated heterocycles. The third-order valence-electron chi connectivity index (χ3n) is 8.19. The van der Waals surface area contributed by atoms with Crippen molar-refractivity contribution in [1.29, 1.82) is 0 Å². The molecule has 0 amide bonds. The van der Waals surface area contributed by atoms with Gasteiger partial charge in [0.15, 0.2) is 12.0 Å². The van der Waals surface area contributed by atoms with Gasteiger partial charge in [0.05, 0.1) is 24.5 Å². The van der Waals surface area contributed by atoms with Crippen molar-refractivity contribution in [3.63, 3.8) is 0 Å². The Labute approximate surface area is 186 Å². The van der Waals surface area contributed by atoms with E-state index in [4.69, 9.17) is 14.3 Å². The second-order valence-corrected chi connectivity index (χ2v) is 10.1. The Morgan fingerprint density at radius 3 is 2.31 bits per heavy atom. The Hall–Kier alpha value is -1.64. The predicted octanol–water partition coefficient (Wildman–Crippen LogP) is 6.09. The molecule has 2 heterocycles. The number of para-hydroxylation sites is 1. The summed E-state index contributed by atoms with van der Waals surface area (Å²) in [7, 11) is 0. The summed E-state index contributed by atoms with van der Waals surface area (Å²) in [6.45, 7) is 3.38. The van der Waals surface area contributed by atoms with Gasteiger partial charge in [0.1, 0.15) is 6.34 Å². The third-order valence-corrected chi connectivity index (χ3v) is 8.19. The van der Waals surface area contributed by atoms with Gasteiger partial charge in [-0.3, -0.25) is 0 Å². The van der Waals surface area contributed by atoms with Crippen LogP contribution in [0.15, 0.2) is 29.3 Å². The monoisotopic (exact) mass is 452 g/mol. The van der Waals surface area contributed by atoms with E-state index in [-0.39, 0.29) is 11.1 Å². The number of fused-ring (bicyclic) bond motifs is 3. The fraction of sp³-hybridized carbons (Fsp3) is 0.708. The number of ether oxygens (including phenoxy) is 2. The summed E-state index contributed by atoms with van der Waals surface area (Å²) in [6, 6.07) is 5.49. The Bertz CT molecular complexity index is 842. The van der Waals surface area contributed by atoms with Crippen molar-refractivity contribution < 1.29 is 27.5 Å². The van der Waals surface area contributed by atoms with Gasteiger partial charge < -0.3 is 9.47 Å². The minimum absolute atomic E-state index is 0.00605. The van der Waals surface area contributed by atoms with Gasteiger partial charge in [-0.05, 0) is 75.8 Å². The highest BCUT2D eigenvalue weighted by molar-refractivity contribution is 5.79. The highest BCUT2D eigenvalue weighted by Gasteiger charge is 2.54. The summed E-state index contributed by atoms with van der Waals surface area (Å²) in [6.07, 6.45) is 6.14. The summed E-state index contributed by atoms with van der Waals surface area (Å²) in [5, 5.41) is 1.21. The molecule has 4 fully saturated rings. The van der Waals surface area contributed by atoms with Crippen LogP contribution < -0.4 is 5.06 Å². The lowest BCUT2D eigenvalue weighted by Crippen LogP contribution is -2.48. The number of hydroxylamine groups is 1. The molecule has 8 heteroatoms. The van der Waals surface area contributed by atoms with Crippen molar-refractivity contribution in [3.8, 4) is 0 Å². The molecule has 2 aliphatic heterocycles. The summed E-state index contributed by atoms with van der Waals surface area (Å²) in [4.78, 5) is 10.5. The van der Waals surface area contributed by atoms with Crippen molar-refractivity contribution in [2.75, 3.05) is 18.3 Å². The van der Waals surface area contributed by atoms with Crippen LogP contribution in [0.3, 0.4) is 0 Å². The molecule has 1 aromatic carbocycles. The molecule has 0 radical (unpaired) electrons. The third kappa shape index (κ3) is 4.05. The first kappa shape index (κ1) is 22.2. The molecule has 1 unspecified atom stereocenters. The number of alkyl halides is 3. The van der Waals surface area contributed by atoms with E-state index in [1.807, 2.05) is 6.92 Å². The molecule has 2 bridgehead atoms. The van der Waals surface area contributed by atoms with E-state index in [1.54, 1.807) is 6.07 Å². The topological polar surface area (TPSA) is 43.3 Å². The number of hydrogen-bond donors (Lipinski definition) is 0. The number of hydrogen-bond acceptors (Lipinski definition) is 5. The normalized spacial score (nSPS) is 33.9. The van der Waals surface area contributed by atoms with Crippen LogP contribution in [-0.2, 0) is 20.5 Å². The van der Waals surface area contributed by atoms with E-state index in [0.29, 0.717) is 18.6 Å². The Kier molecular flexibility index (Phi) is 5.54. The minimum Gasteiger partial charge on any atom is -0.348 e. The highest BCUT2D eigenvalue weighted by Crippen LogP contribution is 2.61. The number of aliphatic imine (C=N–C) groups is 1. The van der Waals surface area contributed by atoms with Gasteiger partial charge in [-0.15, -0.1) is 0 Å². The zero-order chi connectivity index (χ0) is 22.5. The van der Waals surface area contributed by atoms with Crippen LogP contribution in [0.2, 0.25) is 0 Å². The van der Waals surface area contributed by atoms with Gasteiger partial charge in [-0.1, -0.05) is 12.1 Å². The summed E-state index contributed by atoms with van der Waals surface area (Å²) >= 11 is 0. The van der Waals surface area contributed by atoms with E-state index in [9.17, 15) is 13.2 Å². The Morgan fingerprint density at radius 1 is 1.00 bits per heavy atom. The standard InChI is InChI=1S/C24H31F3N2O3/c1-21(30-15-16-31-21)7-4-8-22-9-12-23(13-10-22,14-11-22)20-28-17-29(32-20)19-6-3-2-5-18(19)24(25,26)27/h2-3,5-6,17,20H,4,7-16H2,1H3. The fourth-order valence-corrected chi connectivity index (χ4v) is 6.10. The zero-order valence-electron chi connectivity index (χ0n) is 18.5. The van der Waals surface area contributed by atoms with Crippen molar-refractivity contribution >= 4 is 12.0 Å². The number of nitrogens with zero attached hydrogens (tertiary/aromatic N) is 2. The van der Waals surface area contributed by atoms with Crippen molar-refractivity contribution in [3.05, 3.63) is 29.8 Å². The van der Waals surface area contributed by atoms with Crippen molar-refractivity contribution in [2.24, 2.45) is 15.8 Å². The summed E-state index contributed by atoms with van der Waals surface area (Å²) < 4.78 is 51.7. The van der Waals surface area contributed by atoms with Crippen LogP contribution in [0.25, 0.3) is 0 Å². The molecule has 6 rings (SSSR count). The first-order valence-electron chi connectivity index (χ1n) is 11.7. The molecule has 0 spiro atoms. The number of halogens is 3. The van der Waals surface area contributed by atoms with Gasteiger partial charge >= 0.3 is 6.18 Å². The van der Waals surface area contributed by atoms with Gasteiger partial charge in [0, 0.05) is 11.8 Å². The van der Waals surface area contributed by atoms with Gasteiger partial charge in [-0.2, -0.15) is 13.2 Å². The largest absolute Gasteiger partial charge is 0.418 e. The van der Waals surface area contributed by atoms with Crippen LogP contribution in [-0.4, -0.2) is 31.6 Å². The molecule has 0 aromatic heterocycles. The average molecular weight is 453 g/mol.